The van der Waals surface area contributed by atoms with E-state index in [9.17, 15) is 9.59 Å². The average Bonchev–Trinajstić information content (AvgIpc) is 2.89. The van der Waals surface area contributed by atoms with E-state index >= 15 is 0 Å². The van der Waals surface area contributed by atoms with Crippen LogP contribution in [0.5, 0.6) is 11.5 Å². The quantitative estimate of drug-likeness (QED) is 0.623. The van der Waals surface area contributed by atoms with Gasteiger partial charge < -0.3 is 24.6 Å². The molecule has 7 heteroatoms. The highest BCUT2D eigenvalue weighted by Crippen LogP contribution is 2.24. The number of benzene rings is 3. The molecule has 0 bridgehead atoms. The molecule has 7 nitrogen and oxygen atoms in total. The number of amides is 2. The second-order valence-electron chi connectivity index (χ2n) is 7.75. The van der Waals surface area contributed by atoms with Gasteiger partial charge in [-0.1, -0.05) is 18.2 Å². The molecular weight excluding hydrogens is 418 g/mol. The molecule has 0 aromatic heterocycles. The molecule has 1 aliphatic rings. The molecule has 3 aromatic rings. The average molecular weight is 446 g/mol. The van der Waals surface area contributed by atoms with Crippen molar-refractivity contribution in [1.82, 2.24) is 4.90 Å². The summed E-state index contributed by atoms with van der Waals surface area (Å²) < 4.78 is 10.5. The Kier molecular flexibility index (Phi) is 6.78. The molecule has 0 saturated carbocycles. The number of hydrogen-bond donors (Lipinski definition) is 1. The van der Waals surface area contributed by atoms with E-state index < -0.39 is 0 Å². The van der Waals surface area contributed by atoms with Gasteiger partial charge in [-0.25, -0.2) is 0 Å². The fourth-order valence-electron chi connectivity index (χ4n) is 3.83. The van der Waals surface area contributed by atoms with E-state index in [-0.39, 0.29) is 11.8 Å². The first-order valence-electron chi connectivity index (χ1n) is 10.8. The first kappa shape index (κ1) is 22.2. The molecular formula is C26H27N3O4. The number of hydrogen-bond acceptors (Lipinski definition) is 5. The van der Waals surface area contributed by atoms with Gasteiger partial charge in [0.05, 0.1) is 14.2 Å². The number of ether oxygens (including phenoxy) is 2. The molecule has 0 aliphatic carbocycles. The molecule has 170 valence electrons. The van der Waals surface area contributed by atoms with Crippen molar-refractivity contribution in [3.05, 3.63) is 83.9 Å². The molecule has 2 amide bonds. The number of nitrogens with one attached hydrogen (secondary N) is 1. The zero-order chi connectivity index (χ0) is 23.2. The van der Waals surface area contributed by atoms with E-state index in [1.54, 1.807) is 32.4 Å². The van der Waals surface area contributed by atoms with Crippen LogP contribution < -0.4 is 19.7 Å². The summed E-state index contributed by atoms with van der Waals surface area (Å²) in [6, 6.07) is 22.2. The van der Waals surface area contributed by atoms with Crippen LogP contribution >= 0.6 is 0 Å². The summed E-state index contributed by atoms with van der Waals surface area (Å²) in [7, 11) is 3.10. The third kappa shape index (κ3) is 5.26. The first-order valence-corrected chi connectivity index (χ1v) is 10.8. The smallest absolute Gasteiger partial charge is 0.255 e. The van der Waals surface area contributed by atoms with Crippen LogP contribution in [0.15, 0.2) is 72.8 Å². The summed E-state index contributed by atoms with van der Waals surface area (Å²) in [6.45, 7) is 2.86. The number of methoxy groups -OCH3 is 2. The lowest BCUT2D eigenvalue weighted by Gasteiger charge is -2.36. The Hall–Kier alpha value is -4.00. The first-order chi connectivity index (χ1) is 16.1. The van der Waals surface area contributed by atoms with Crippen LogP contribution in [-0.2, 0) is 0 Å². The van der Waals surface area contributed by atoms with E-state index in [4.69, 9.17) is 9.47 Å². The van der Waals surface area contributed by atoms with Gasteiger partial charge in [0.1, 0.15) is 11.5 Å². The third-order valence-corrected chi connectivity index (χ3v) is 5.69. The fraction of sp³-hybridized carbons (Fsp3) is 0.231. The molecule has 3 aromatic carbocycles. The van der Waals surface area contributed by atoms with Crippen LogP contribution in [0.2, 0.25) is 0 Å². The SMILES string of the molecule is COc1cc(OC)cc(C(=O)Nc2ccc(N3CCN(C(=O)c4ccccc4)CC3)cc2)c1. The summed E-state index contributed by atoms with van der Waals surface area (Å²) >= 11 is 0. The van der Waals surface area contributed by atoms with Gasteiger partial charge in [-0.15, -0.1) is 0 Å². The van der Waals surface area contributed by atoms with E-state index in [1.807, 2.05) is 59.5 Å². The van der Waals surface area contributed by atoms with E-state index in [0.29, 0.717) is 35.8 Å². The number of anilines is 2. The summed E-state index contributed by atoms with van der Waals surface area (Å²) in [5, 5.41) is 2.91. The Morgan fingerprint density at radius 3 is 1.94 bits per heavy atom. The van der Waals surface area contributed by atoms with Gasteiger partial charge in [-0.2, -0.15) is 0 Å². The van der Waals surface area contributed by atoms with Crippen LogP contribution in [0.1, 0.15) is 20.7 Å². The van der Waals surface area contributed by atoms with Crippen molar-refractivity contribution in [3.8, 4) is 11.5 Å². The molecule has 1 fully saturated rings. The summed E-state index contributed by atoms with van der Waals surface area (Å²) in [6.07, 6.45) is 0. The zero-order valence-electron chi connectivity index (χ0n) is 18.8. The zero-order valence-corrected chi connectivity index (χ0v) is 18.8. The monoisotopic (exact) mass is 445 g/mol. The van der Waals surface area contributed by atoms with Crippen molar-refractivity contribution < 1.29 is 19.1 Å². The lowest BCUT2D eigenvalue weighted by atomic mass is 10.1. The Morgan fingerprint density at radius 2 is 1.36 bits per heavy atom. The van der Waals surface area contributed by atoms with E-state index in [2.05, 4.69) is 10.2 Å². The Labute approximate surface area is 193 Å². The van der Waals surface area contributed by atoms with Crippen molar-refractivity contribution in [2.24, 2.45) is 0 Å². The van der Waals surface area contributed by atoms with Crippen LogP contribution in [0.3, 0.4) is 0 Å². The molecule has 1 heterocycles. The topological polar surface area (TPSA) is 71.1 Å². The van der Waals surface area contributed by atoms with E-state index in [1.165, 1.54) is 0 Å². The molecule has 0 spiro atoms. The second-order valence-corrected chi connectivity index (χ2v) is 7.75. The highest BCUT2D eigenvalue weighted by Gasteiger charge is 2.22. The summed E-state index contributed by atoms with van der Waals surface area (Å²) in [5.41, 5.74) is 2.93. The number of rotatable bonds is 6. The molecule has 0 radical (unpaired) electrons. The normalized spacial score (nSPS) is 13.4. The van der Waals surface area contributed by atoms with Gasteiger partial charge in [-0.05, 0) is 48.5 Å². The summed E-state index contributed by atoms with van der Waals surface area (Å²) in [4.78, 5) is 29.5. The number of carbonyl (C=O) groups excluding carboxylic acids is 2. The predicted molar refractivity (Wildman–Crippen MR) is 128 cm³/mol. The van der Waals surface area contributed by atoms with Crippen molar-refractivity contribution in [2.45, 2.75) is 0 Å². The third-order valence-electron chi connectivity index (χ3n) is 5.69. The van der Waals surface area contributed by atoms with E-state index in [0.717, 1.165) is 24.3 Å². The van der Waals surface area contributed by atoms with Crippen LogP contribution in [0.25, 0.3) is 0 Å². The van der Waals surface area contributed by atoms with Crippen LogP contribution in [0, 0.1) is 0 Å². The minimum atomic E-state index is -0.243. The predicted octanol–water partition coefficient (Wildman–Crippen LogP) is 3.92. The maximum absolute atomic E-state index is 12.7. The summed E-state index contributed by atoms with van der Waals surface area (Å²) in [5.74, 6) is 0.940. The largest absolute Gasteiger partial charge is 0.497 e. The Bertz CT molecular complexity index is 1090. The number of piperazine rings is 1. The lowest BCUT2D eigenvalue weighted by molar-refractivity contribution is 0.0746. The van der Waals surface area contributed by atoms with Crippen LogP contribution in [-0.4, -0.2) is 57.1 Å². The standard InChI is InChI=1S/C26H27N3O4/c1-32-23-16-20(17-24(18-23)33-2)25(30)27-21-8-10-22(11-9-21)28-12-14-29(15-13-28)26(31)19-6-4-3-5-7-19/h3-11,16-18H,12-15H2,1-2H3,(H,27,30). The molecule has 33 heavy (non-hydrogen) atoms. The van der Waals surface area contributed by atoms with Gasteiger partial charge in [0.2, 0.25) is 0 Å². The van der Waals surface area contributed by atoms with Gasteiger partial charge in [0, 0.05) is 54.7 Å². The van der Waals surface area contributed by atoms with Gasteiger partial charge >= 0.3 is 0 Å². The maximum Gasteiger partial charge on any atom is 0.255 e. The minimum absolute atomic E-state index is 0.0717. The Morgan fingerprint density at radius 1 is 0.758 bits per heavy atom. The van der Waals surface area contributed by atoms with Gasteiger partial charge in [-0.3, -0.25) is 9.59 Å². The molecule has 0 unspecified atom stereocenters. The highest BCUT2D eigenvalue weighted by molar-refractivity contribution is 6.04. The van der Waals surface area contributed by atoms with Gasteiger partial charge in [0.25, 0.3) is 11.8 Å². The minimum Gasteiger partial charge on any atom is -0.497 e. The van der Waals surface area contributed by atoms with Crippen LogP contribution in [0.4, 0.5) is 11.4 Å². The van der Waals surface area contributed by atoms with Crippen molar-refractivity contribution in [3.63, 3.8) is 0 Å². The molecule has 4 rings (SSSR count). The second kappa shape index (κ2) is 10.1. The Balaban J connectivity index is 1.35. The molecule has 0 atom stereocenters. The fourth-order valence-corrected chi connectivity index (χ4v) is 3.83. The lowest BCUT2D eigenvalue weighted by Crippen LogP contribution is -2.48. The van der Waals surface area contributed by atoms with Gasteiger partial charge in [0.15, 0.2) is 0 Å². The maximum atomic E-state index is 12.7. The highest BCUT2D eigenvalue weighted by atomic mass is 16.5. The van der Waals surface area contributed by atoms with Crippen molar-refractivity contribution >= 4 is 23.2 Å². The van der Waals surface area contributed by atoms with Crippen molar-refractivity contribution in [2.75, 3.05) is 50.6 Å². The number of carbonyl (C=O) groups is 2. The number of nitrogens with zero attached hydrogens (tertiary/aromatic N) is 2. The molecule has 1 saturated heterocycles. The molecule has 1 N–H and O–H groups in total. The van der Waals surface area contributed by atoms with Crippen molar-refractivity contribution in [1.29, 1.82) is 0 Å². The molecule has 1 aliphatic heterocycles.